The van der Waals surface area contributed by atoms with Gasteiger partial charge in [0.1, 0.15) is 0 Å². The Balaban J connectivity index is 0.00000243. The summed E-state index contributed by atoms with van der Waals surface area (Å²) in [5, 5.41) is 6.65. The monoisotopic (exact) mass is 371 g/mol. The maximum atomic E-state index is 12.3. The molecule has 3 rings (SSSR count). The summed E-state index contributed by atoms with van der Waals surface area (Å²) in [7, 11) is 0. The molecule has 5 N–H and O–H groups in total. The van der Waals surface area contributed by atoms with Gasteiger partial charge in [0.2, 0.25) is 0 Å². The number of nitrogens with zero attached hydrogens (tertiary/aromatic N) is 2. The van der Waals surface area contributed by atoms with Gasteiger partial charge in [0, 0.05) is 17.3 Å². The van der Waals surface area contributed by atoms with Gasteiger partial charge < -0.3 is 21.3 Å². The van der Waals surface area contributed by atoms with Crippen molar-refractivity contribution < 1.29 is 9.32 Å². The third-order valence-corrected chi connectivity index (χ3v) is 3.55. The van der Waals surface area contributed by atoms with Crippen molar-refractivity contribution in [2.24, 2.45) is 16.5 Å². The van der Waals surface area contributed by atoms with Crippen LogP contribution in [0.25, 0.3) is 11.3 Å². The molecule has 0 radical (unpaired) electrons. The van der Waals surface area contributed by atoms with E-state index in [1.165, 1.54) is 0 Å². The van der Waals surface area contributed by atoms with E-state index in [2.05, 4.69) is 15.5 Å². The molecule has 0 fully saturated rings. The molecule has 7 nitrogen and oxygen atoms in total. The summed E-state index contributed by atoms with van der Waals surface area (Å²) in [5.41, 5.74) is 14.0. The fourth-order valence-corrected chi connectivity index (χ4v) is 2.27. The van der Waals surface area contributed by atoms with Crippen LogP contribution in [0, 0.1) is 6.92 Å². The third kappa shape index (κ3) is 4.40. The van der Waals surface area contributed by atoms with E-state index in [4.69, 9.17) is 16.0 Å². The molecule has 0 unspecified atom stereocenters. The lowest BCUT2D eigenvalue weighted by molar-refractivity contribution is 0.101. The maximum Gasteiger partial charge on any atom is 0.277 e. The Labute approximate surface area is 156 Å². The molecule has 1 heterocycles. The minimum absolute atomic E-state index is 0. The van der Waals surface area contributed by atoms with Crippen molar-refractivity contribution in [3.05, 3.63) is 65.9 Å². The summed E-state index contributed by atoms with van der Waals surface area (Å²) in [6.45, 7) is 1.92. The quantitative estimate of drug-likeness (QED) is 0.480. The second-order valence-corrected chi connectivity index (χ2v) is 5.43. The molecule has 134 valence electrons. The van der Waals surface area contributed by atoms with Crippen molar-refractivity contribution in [2.75, 3.05) is 5.32 Å². The van der Waals surface area contributed by atoms with Gasteiger partial charge in [0.15, 0.2) is 17.4 Å². The predicted molar refractivity (Wildman–Crippen MR) is 104 cm³/mol. The van der Waals surface area contributed by atoms with Gasteiger partial charge in [-0.05, 0) is 42.8 Å². The standard InChI is InChI=1S/C18H17N5O2.ClH/c1-11-4-2-3-5-14(11)22-17(24)15-10-16(25-23-15)12-6-8-13(9-7-12)21-18(19)20;/h2-10H,1H3,(H,22,24)(H4,19,20,21);1H. The lowest BCUT2D eigenvalue weighted by Crippen LogP contribution is -2.21. The number of nitrogens with two attached hydrogens (primary N) is 2. The fraction of sp³-hybridized carbons (Fsp3) is 0.0556. The Morgan fingerprint density at radius 1 is 1.12 bits per heavy atom. The molecule has 8 heteroatoms. The minimum Gasteiger partial charge on any atom is -0.370 e. The lowest BCUT2D eigenvalue weighted by Gasteiger charge is -2.05. The molecule has 0 saturated heterocycles. The number of benzene rings is 2. The Morgan fingerprint density at radius 2 is 1.81 bits per heavy atom. The van der Waals surface area contributed by atoms with Crippen molar-refractivity contribution >= 4 is 35.6 Å². The smallest absolute Gasteiger partial charge is 0.277 e. The predicted octanol–water partition coefficient (Wildman–Crippen LogP) is 3.23. The molecule has 0 aliphatic carbocycles. The van der Waals surface area contributed by atoms with Gasteiger partial charge in [0.05, 0.1) is 5.69 Å². The number of hydrogen-bond donors (Lipinski definition) is 3. The van der Waals surface area contributed by atoms with Crippen LogP contribution >= 0.6 is 12.4 Å². The number of rotatable bonds is 4. The highest BCUT2D eigenvalue weighted by atomic mass is 35.5. The number of aromatic nitrogens is 1. The Kier molecular flexibility index (Phi) is 5.98. The van der Waals surface area contributed by atoms with E-state index in [1.54, 1.807) is 30.3 Å². The number of guanidine groups is 1. The van der Waals surface area contributed by atoms with Crippen LogP contribution in [-0.2, 0) is 0 Å². The molecular formula is C18H18ClN5O2. The van der Waals surface area contributed by atoms with Crippen LogP contribution in [0.5, 0.6) is 0 Å². The molecule has 0 atom stereocenters. The van der Waals surface area contributed by atoms with Gasteiger partial charge in [-0.15, -0.1) is 12.4 Å². The van der Waals surface area contributed by atoms with E-state index in [-0.39, 0.29) is 30.0 Å². The molecule has 0 aliphatic heterocycles. The van der Waals surface area contributed by atoms with Crippen molar-refractivity contribution in [3.8, 4) is 11.3 Å². The summed E-state index contributed by atoms with van der Waals surface area (Å²) in [6.07, 6.45) is 0. The van der Waals surface area contributed by atoms with Gasteiger partial charge >= 0.3 is 0 Å². The van der Waals surface area contributed by atoms with Crippen molar-refractivity contribution in [3.63, 3.8) is 0 Å². The number of para-hydroxylation sites is 1. The number of anilines is 1. The first-order valence-corrected chi connectivity index (χ1v) is 7.57. The fourth-order valence-electron chi connectivity index (χ4n) is 2.27. The number of amides is 1. The van der Waals surface area contributed by atoms with Crippen molar-refractivity contribution in [2.45, 2.75) is 6.92 Å². The zero-order valence-corrected chi connectivity index (χ0v) is 14.8. The zero-order valence-electron chi connectivity index (χ0n) is 14.0. The van der Waals surface area contributed by atoms with E-state index in [0.717, 1.165) is 16.8 Å². The number of aliphatic imine (C=N–C) groups is 1. The SMILES string of the molecule is Cc1ccccc1NC(=O)c1cc(-c2ccc(N=C(N)N)cc2)on1.Cl. The van der Waals surface area contributed by atoms with Gasteiger partial charge in [-0.2, -0.15) is 0 Å². The number of halogens is 1. The van der Waals surface area contributed by atoms with E-state index in [1.807, 2.05) is 31.2 Å². The Morgan fingerprint density at radius 3 is 2.46 bits per heavy atom. The van der Waals surface area contributed by atoms with Crippen LogP contribution in [-0.4, -0.2) is 17.0 Å². The first kappa shape index (κ1) is 19.0. The Bertz CT molecular complexity index is 931. The highest BCUT2D eigenvalue weighted by Crippen LogP contribution is 2.24. The van der Waals surface area contributed by atoms with E-state index in [9.17, 15) is 4.79 Å². The Hall–Kier alpha value is -3.32. The third-order valence-electron chi connectivity index (χ3n) is 3.55. The average molecular weight is 372 g/mol. The molecule has 26 heavy (non-hydrogen) atoms. The van der Waals surface area contributed by atoms with Gasteiger partial charge in [-0.1, -0.05) is 23.4 Å². The summed E-state index contributed by atoms with van der Waals surface area (Å²) in [6, 6.07) is 16.1. The summed E-state index contributed by atoms with van der Waals surface area (Å²) in [5.74, 6) is 0.134. The van der Waals surface area contributed by atoms with E-state index < -0.39 is 0 Å². The van der Waals surface area contributed by atoms with Crippen LogP contribution in [0.4, 0.5) is 11.4 Å². The molecule has 0 aliphatic rings. The second kappa shape index (κ2) is 8.17. The number of aryl methyl sites for hydroxylation is 1. The van der Waals surface area contributed by atoms with Crippen LogP contribution < -0.4 is 16.8 Å². The van der Waals surface area contributed by atoms with Gasteiger partial charge in [0.25, 0.3) is 5.91 Å². The summed E-state index contributed by atoms with van der Waals surface area (Å²) >= 11 is 0. The minimum atomic E-state index is -0.332. The van der Waals surface area contributed by atoms with Gasteiger partial charge in [-0.25, -0.2) is 4.99 Å². The van der Waals surface area contributed by atoms with Crippen LogP contribution in [0.3, 0.4) is 0 Å². The number of nitrogens with one attached hydrogen (secondary N) is 1. The highest BCUT2D eigenvalue weighted by Gasteiger charge is 2.14. The molecular weight excluding hydrogens is 354 g/mol. The first-order valence-electron chi connectivity index (χ1n) is 7.57. The molecule has 3 aromatic rings. The lowest BCUT2D eigenvalue weighted by atomic mass is 10.1. The zero-order chi connectivity index (χ0) is 17.8. The average Bonchev–Trinajstić information content (AvgIpc) is 3.07. The molecule has 1 aromatic heterocycles. The molecule has 0 saturated carbocycles. The number of carbonyl (C=O) groups excluding carboxylic acids is 1. The van der Waals surface area contributed by atoms with E-state index in [0.29, 0.717) is 11.4 Å². The van der Waals surface area contributed by atoms with Gasteiger partial charge in [-0.3, -0.25) is 4.79 Å². The van der Waals surface area contributed by atoms with E-state index >= 15 is 0 Å². The molecule has 1 amide bonds. The first-order chi connectivity index (χ1) is 12.0. The summed E-state index contributed by atoms with van der Waals surface area (Å²) < 4.78 is 5.26. The number of hydrogen-bond acceptors (Lipinski definition) is 4. The largest absolute Gasteiger partial charge is 0.370 e. The maximum absolute atomic E-state index is 12.3. The van der Waals surface area contributed by atoms with Crippen LogP contribution in [0.2, 0.25) is 0 Å². The number of carbonyl (C=O) groups is 1. The van der Waals surface area contributed by atoms with Crippen molar-refractivity contribution in [1.82, 2.24) is 5.16 Å². The van der Waals surface area contributed by atoms with Crippen LogP contribution in [0.15, 0.2) is 64.1 Å². The normalized spacial score (nSPS) is 9.88. The highest BCUT2D eigenvalue weighted by molar-refractivity contribution is 6.03. The topological polar surface area (TPSA) is 120 Å². The molecule has 0 bridgehead atoms. The summed E-state index contributed by atoms with van der Waals surface area (Å²) in [4.78, 5) is 16.3. The molecule has 0 spiro atoms. The van der Waals surface area contributed by atoms with Crippen molar-refractivity contribution in [1.29, 1.82) is 0 Å². The molecule has 2 aromatic carbocycles. The van der Waals surface area contributed by atoms with Crippen LogP contribution in [0.1, 0.15) is 16.1 Å². The second-order valence-electron chi connectivity index (χ2n) is 5.43.